The Morgan fingerprint density at radius 2 is 1.88 bits per heavy atom. The fourth-order valence-electron chi connectivity index (χ4n) is 1.20. The average molecular weight is 241 g/mol. The van der Waals surface area contributed by atoms with Gasteiger partial charge < -0.3 is 19.9 Å². The van der Waals surface area contributed by atoms with Crippen molar-refractivity contribution >= 4 is 11.9 Å². The van der Waals surface area contributed by atoms with Gasteiger partial charge in [0.1, 0.15) is 5.57 Å². The highest BCUT2D eigenvalue weighted by Crippen LogP contribution is 2.22. The van der Waals surface area contributed by atoms with Gasteiger partial charge in [-0.3, -0.25) is 0 Å². The van der Waals surface area contributed by atoms with Gasteiger partial charge >= 0.3 is 11.9 Å². The number of hydrogen-bond donors (Lipinski definition) is 2. The summed E-state index contributed by atoms with van der Waals surface area (Å²) >= 11 is 0. The lowest BCUT2D eigenvalue weighted by Gasteiger charge is -2.29. The molecule has 0 aromatic carbocycles. The molecular weight excluding hydrogens is 226 g/mol. The van der Waals surface area contributed by atoms with Gasteiger partial charge in [-0.1, -0.05) is 0 Å². The van der Waals surface area contributed by atoms with E-state index in [0.717, 1.165) is 0 Å². The quantitative estimate of drug-likeness (QED) is 0.406. The summed E-state index contributed by atoms with van der Waals surface area (Å²) in [7, 11) is 1.61. The number of carbonyl (C=O) groups is 2. The number of likely N-dealkylation sites (N-methyl/N-ethyl adjacent to an activating group) is 1. The first-order valence-corrected chi connectivity index (χ1v) is 5.06. The topological polar surface area (TPSA) is 84.9 Å². The van der Waals surface area contributed by atoms with Gasteiger partial charge in [0.2, 0.25) is 0 Å². The van der Waals surface area contributed by atoms with Gasteiger partial charge in [0.25, 0.3) is 5.79 Å². The molecule has 0 aromatic rings. The first-order chi connectivity index (χ1) is 7.89. The maximum atomic E-state index is 11.5. The summed E-state index contributed by atoms with van der Waals surface area (Å²) in [4.78, 5) is 23.0. The predicted molar refractivity (Wildman–Crippen MR) is 58.6 cm³/mol. The summed E-state index contributed by atoms with van der Waals surface area (Å²) in [6.45, 7) is 2.72. The second-order valence-corrected chi connectivity index (χ2v) is 3.86. The summed E-state index contributed by atoms with van der Waals surface area (Å²) in [5.74, 6) is -2.72. The molecule has 0 atom stereocenters. The fourth-order valence-corrected chi connectivity index (χ4v) is 1.20. The van der Waals surface area contributed by atoms with E-state index in [1.54, 1.807) is 7.05 Å². The number of hydrogen-bond acceptors (Lipinski definition) is 6. The lowest BCUT2D eigenvalue weighted by Crippen LogP contribution is -2.41. The minimum atomic E-state index is -1.24. The SMILES string of the molecule is CNC(=CC=C1C(=O)OC(C)(C)OC1=O)CO. The number of aliphatic hydroxyl groups is 1. The Morgan fingerprint density at radius 1 is 1.35 bits per heavy atom. The molecule has 0 unspecified atom stereocenters. The van der Waals surface area contributed by atoms with E-state index in [1.165, 1.54) is 26.0 Å². The maximum absolute atomic E-state index is 11.5. The van der Waals surface area contributed by atoms with E-state index in [4.69, 9.17) is 14.6 Å². The molecule has 1 aliphatic heterocycles. The summed E-state index contributed by atoms with van der Waals surface area (Å²) in [6, 6.07) is 0. The third-order valence-corrected chi connectivity index (χ3v) is 2.06. The Morgan fingerprint density at radius 3 is 2.29 bits per heavy atom. The fraction of sp³-hybridized carbons (Fsp3) is 0.455. The van der Waals surface area contributed by atoms with Gasteiger partial charge in [-0.15, -0.1) is 0 Å². The number of nitrogens with one attached hydrogen (secondary N) is 1. The molecule has 0 amide bonds. The van der Waals surface area contributed by atoms with Gasteiger partial charge in [-0.2, -0.15) is 0 Å². The lowest BCUT2D eigenvalue weighted by molar-refractivity contribution is -0.222. The van der Waals surface area contributed by atoms with Crippen molar-refractivity contribution in [1.29, 1.82) is 0 Å². The zero-order valence-electron chi connectivity index (χ0n) is 9.94. The summed E-state index contributed by atoms with van der Waals surface area (Å²) in [6.07, 6.45) is 2.66. The number of esters is 2. The average Bonchev–Trinajstić information content (AvgIpc) is 2.21. The van der Waals surface area contributed by atoms with E-state index in [2.05, 4.69) is 5.32 Å². The van der Waals surface area contributed by atoms with Crippen LogP contribution in [-0.4, -0.2) is 36.5 Å². The molecule has 94 valence electrons. The summed E-state index contributed by atoms with van der Waals surface area (Å²) < 4.78 is 9.79. The molecule has 2 N–H and O–H groups in total. The van der Waals surface area contributed by atoms with E-state index in [-0.39, 0.29) is 12.2 Å². The van der Waals surface area contributed by atoms with Crippen LogP contribution in [0.15, 0.2) is 23.4 Å². The third kappa shape index (κ3) is 3.32. The number of cyclic esters (lactones) is 2. The molecule has 1 aliphatic rings. The number of rotatable bonds is 3. The Balaban J connectivity index is 2.92. The molecule has 0 radical (unpaired) electrons. The summed E-state index contributed by atoms with van der Waals surface area (Å²) in [5.41, 5.74) is 0.258. The molecule has 1 rings (SSSR count). The van der Waals surface area contributed by atoms with Crippen molar-refractivity contribution in [2.75, 3.05) is 13.7 Å². The van der Waals surface area contributed by atoms with E-state index < -0.39 is 17.7 Å². The molecular formula is C11H15NO5. The number of carbonyl (C=O) groups excluding carboxylic acids is 2. The number of aliphatic hydroxyl groups excluding tert-OH is 1. The van der Waals surface area contributed by atoms with Crippen LogP contribution in [0.4, 0.5) is 0 Å². The van der Waals surface area contributed by atoms with Gasteiger partial charge in [0.05, 0.1) is 6.61 Å². The highest BCUT2D eigenvalue weighted by Gasteiger charge is 2.38. The lowest BCUT2D eigenvalue weighted by atomic mass is 10.2. The van der Waals surface area contributed by atoms with E-state index in [0.29, 0.717) is 5.70 Å². The van der Waals surface area contributed by atoms with Crippen LogP contribution in [0.1, 0.15) is 13.8 Å². The Kier molecular flexibility index (Phi) is 3.90. The first-order valence-electron chi connectivity index (χ1n) is 5.06. The van der Waals surface area contributed by atoms with Crippen molar-refractivity contribution < 1.29 is 24.2 Å². The van der Waals surface area contributed by atoms with Gasteiger partial charge in [0, 0.05) is 26.6 Å². The standard InChI is InChI=1S/C11H15NO5/c1-11(2)16-9(14)8(10(15)17-11)5-4-7(6-13)12-3/h4-5,12-13H,6H2,1-3H3. The molecule has 6 heteroatoms. The molecule has 1 fully saturated rings. The molecule has 0 spiro atoms. The molecule has 0 aromatic heterocycles. The first kappa shape index (κ1) is 13.2. The van der Waals surface area contributed by atoms with Crippen LogP contribution in [0, 0.1) is 0 Å². The van der Waals surface area contributed by atoms with Crippen molar-refractivity contribution in [3.05, 3.63) is 23.4 Å². The molecule has 0 bridgehead atoms. The summed E-state index contributed by atoms with van der Waals surface area (Å²) in [5, 5.41) is 11.6. The van der Waals surface area contributed by atoms with Crippen LogP contribution in [0.5, 0.6) is 0 Å². The Bertz CT molecular complexity index is 367. The molecule has 1 saturated heterocycles. The largest absolute Gasteiger partial charge is 0.419 e. The Labute approximate surface area is 98.9 Å². The second-order valence-electron chi connectivity index (χ2n) is 3.86. The van der Waals surface area contributed by atoms with E-state index in [9.17, 15) is 9.59 Å². The predicted octanol–water partition coefficient (Wildman–Crippen LogP) is -0.156. The molecule has 1 heterocycles. The molecule has 17 heavy (non-hydrogen) atoms. The van der Waals surface area contributed by atoms with Gasteiger partial charge in [0.15, 0.2) is 0 Å². The minimum absolute atomic E-state index is 0.203. The van der Waals surface area contributed by atoms with Crippen molar-refractivity contribution in [2.24, 2.45) is 0 Å². The molecule has 0 aliphatic carbocycles. The second kappa shape index (κ2) is 5.01. The zero-order valence-corrected chi connectivity index (χ0v) is 9.94. The highest BCUT2D eigenvalue weighted by atomic mass is 16.7. The normalized spacial score (nSPS) is 19.5. The van der Waals surface area contributed by atoms with Crippen molar-refractivity contribution in [3.8, 4) is 0 Å². The van der Waals surface area contributed by atoms with Gasteiger partial charge in [-0.25, -0.2) is 9.59 Å². The van der Waals surface area contributed by atoms with Crippen LogP contribution in [-0.2, 0) is 19.1 Å². The van der Waals surface area contributed by atoms with Crippen LogP contribution in [0.2, 0.25) is 0 Å². The number of ether oxygens (including phenoxy) is 2. The smallest absolute Gasteiger partial charge is 0.348 e. The van der Waals surface area contributed by atoms with Crippen molar-refractivity contribution in [2.45, 2.75) is 19.6 Å². The Hall–Kier alpha value is -1.82. The monoisotopic (exact) mass is 241 g/mol. The van der Waals surface area contributed by atoms with Gasteiger partial charge in [-0.05, 0) is 12.2 Å². The van der Waals surface area contributed by atoms with Crippen molar-refractivity contribution in [3.63, 3.8) is 0 Å². The zero-order chi connectivity index (χ0) is 13.1. The number of allylic oxidation sites excluding steroid dienone is 2. The van der Waals surface area contributed by atoms with Crippen molar-refractivity contribution in [1.82, 2.24) is 5.32 Å². The van der Waals surface area contributed by atoms with Crippen LogP contribution in [0.3, 0.4) is 0 Å². The maximum Gasteiger partial charge on any atom is 0.348 e. The molecule has 6 nitrogen and oxygen atoms in total. The highest BCUT2D eigenvalue weighted by molar-refractivity contribution is 6.15. The molecule has 0 saturated carbocycles. The van der Waals surface area contributed by atoms with Crippen LogP contribution in [0.25, 0.3) is 0 Å². The third-order valence-electron chi connectivity index (χ3n) is 2.06. The van der Waals surface area contributed by atoms with Crippen LogP contribution < -0.4 is 5.32 Å². The van der Waals surface area contributed by atoms with Crippen LogP contribution >= 0.6 is 0 Å². The minimum Gasteiger partial charge on any atom is -0.419 e. The van der Waals surface area contributed by atoms with E-state index in [1.807, 2.05) is 0 Å². The van der Waals surface area contributed by atoms with E-state index >= 15 is 0 Å².